The first kappa shape index (κ1) is 20.8. The third-order valence-corrected chi connectivity index (χ3v) is 5.61. The number of sulfonamides is 1. The maximum Gasteiger partial charge on any atom is 0.240 e. The maximum absolute atomic E-state index is 12.3. The van der Waals surface area contributed by atoms with E-state index >= 15 is 0 Å². The topological polar surface area (TPSA) is 92.3 Å². The Bertz CT molecular complexity index is 921. The Balaban J connectivity index is 1.89. The molecule has 6 nitrogen and oxygen atoms in total. The number of Topliss-reactive ketones (excluding diaryl/α,β-unsaturated/α-hetero) is 1. The van der Waals surface area contributed by atoms with Crippen LogP contribution in [0.15, 0.2) is 53.4 Å². The van der Waals surface area contributed by atoms with Crippen LogP contribution in [0.1, 0.15) is 47.8 Å². The van der Waals surface area contributed by atoms with Crippen molar-refractivity contribution in [3.05, 3.63) is 65.2 Å². The highest BCUT2D eigenvalue weighted by Gasteiger charge is 2.16. The zero-order valence-electron chi connectivity index (χ0n) is 15.7. The summed E-state index contributed by atoms with van der Waals surface area (Å²) in [5, 5.41) is 2.85. The Kier molecular flexibility index (Phi) is 6.87. The Morgan fingerprint density at radius 1 is 1.07 bits per heavy atom. The number of amides is 1. The van der Waals surface area contributed by atoms with Crippen molar-refractivity contribution in [2.45, 2.75) is 38.1 Å². The second-order valence-corrected chi connectivity index (χ2v) is 8.20. The number of carbonyl (C=O) groups is 2. The molecule has 0 bridgehead atoms. The van der Waals surface area contributed by atoms with Gasteiger partial charge in [-0.05, 0) is 38.5 Å². The molecule has 1 amide bonds. The average Bonchev–Trinajstić information content (AvgIpc) is 2.62. The van der Waals surface area contributed by atoms with Crippen LogP contribution in [0.5, 0.6) is 0 Å². The van der Waals surface area contributed by atoms with Crippen molar-refractivity contribution >= 4 is 21.7 Å². The highest BCUT2D eigenvalue weighted by atomic mass is 32.2. The van der Waals surface area contributed by atoms with E-state index in [0.29, 0.717) is 5.56 Å². The van der Waals surface area contributed by atoms with Crippen LogP contribution in [0.4, 0.5) is 0 Å². The molecule has 0 aliphatic heterocycles. The zero-order chi connectivity index (χ0) is 20.0. The van der Waals surface area contributed by atoms with Gasteiger partial charge in [0.25, 0.3) is 0 Å². The Labute approximate surface area is 160 Å². The molecule has 0 fully saturated rings. The Morgan fingerprint density at radius 3 is 2.37 bits per heavy atom. The van der Waals surface area contributed by atoms with Gasteiger partial charge in [-0.2, -0.15) is 0 Å². The van der Waals surface area contributed by atoms with E-state index in [1.807, 2.05) is 38.1 Å². The van der Waals surface area contributed by atoms with Gasteiger partial charge in [-0.25, -0.2) is 13.1 Å². The van der Waals surface area contributed by atoms with E-state index < -0.39 is 10.0 Å². The molecule has 0 aliphatic carbocycles. The fourth-order valence-corrected chi connectivity index (χ4v) is 3.59. The molecule has 2 rings (SSSR count). The molecule has 1 unspecified atom stereocenters. The summed E-state index contributed by atoms with van der Waals surface area (Å²) in [5.41, 5.74) is 2.44. The van der Waals surface area contributed by atoms with E-state index in [1.54, 1.807) is 6.07 Å². The molecule has 0 saturated heterocycles. The van der Waals surface area contributed by atoms with Crippen LogP contribution in [0, 0.1) is 6.92 Å². The van der Waals surface area contributed by atoms with Crippen LogP contribution in [0.3, 0.4) is 0 Å². The highest BCUT2D eigenvalue weighted by molar-refractivity contribution is 7.89. The Hall–Kier alpha value is -2.51. The number of carbonyl (C=O) groups excluding carboxylic acids is 2. The predicted octanol–water partition coefficient (Wildman–Crippen LogP) is 2.74. The summed E-state index contributed by atoms with van der Waals surface area (Å²) in [6.45, 7) is 5.21. The highest BCUT2D eigenvalue weighted by Crippen LogP contribution is 2.14. The summed E-state index contributed by atoms with van der Waals surface area (Å²) in [6.07, 6.45) is 0.0157. The monoisotopic (exact) mass is 388 g/mol. The van der Waals surface area contributed by atoms with Gasteiger partial charge in [-0.15, -0.1) is 0 Å². The number of ketones is 1. The molecular weight excluding hydrogens is 364 g/mol. The minimum atomic E-state index is -3.78. The third kappa shape index (κ3) is 6.01. The molecular formula is C20H24N2O4S. The number of benzene rings is 2. The van der Waals surface area contributed by atoms with Gasteiger partial charge < -0.3 is 5.32 Å². The number of rotatable bonds is 8. The summed E-state index contributed by atoms with van der Waals surface area (Å²) in [4.78, 5) is 23.5. The number of hydrogen-bond acceptors (Lipinski definition) is 4. The molecule has 0 aliphatic rings. The van der Waals surface area contributed by atoms with Gasteiger partial charge in [0.2, 0.25) is 15.9 Å². The van der Waals surface area contributed by atoms with Crippen molar-refractivity contribution in [3.8, 4) is 0 Å². The third-order valence-electron chi connectivity index (χ3n) is 4.15. The van der Waals surface area contributed by atoms with E-state index in [4.69, 9.17) is 0 Å². The lowest BCUT2D eigenvalue weighted by Crippen LogP contribution is -2.32. The predicted molar refractivity (Wildman–Crippen MR) is 104 cm³/mol. The first-order chi connectivity index (χ1) is 12.7. The standard InChI is InChI=1S/C20H24N2O4S/c1-14-7-9-17(10-8-14)15(2)22-20(24)11-12-21-27(25,26)19-6-4-5-18(13-19)16(3)23/h4-10,13,15,21H,11-12H2,1-3H3,(H,22,24). The molecule has 0 radical (unpaired) electrons. The molecule has 7 heteroatoms. The zero-order valence-corrected chi connectivity index (χ0v) is 16.5. The molecule has 2 N–H and O–H groups in total. The average molecular weight is 388 g/mol. The largest absolute Gasteiger partial charge is 0.350 e. The van der Waals surface area contributed by atoms with Crippen LogP contribution in [0.2, 0.25) is 0 Å². The summed E-state index contributed by atoms with van der Waals surface area (Å²) >= 11 is 0. The van der Waals surface area contributed by atoms with Gasteiger partial charge in [0.15, 0.2) is 5.78 Å². The van der Waals surface area contributed by atoms with Crippen LogP contribution < -0.4 is 10.0 Å². The first-order valence-corrected chi connectivity index (χ1v) is 10.1. The lowest BCUT2D eigenvalue weighted by atomic mass is 10.1. The van der Waals surface area contributed by atoms with Gasteiger partial charge in [-0.1, -0.05) is 42.0 Å². The SMILES string of the molecule is CC(=O)c1cccc(S(=O)(=O)NCCC(=O)NC(C)c2ccc(C)cc2)c1. The van der Waals surface area contributed by atoms with Gasteiger partial charge in [-0.3, -0.25) is 9.59 Å². The lowest BCUT2D eigenvalue weighted by Gasteiger charge is -2.15. The van der Waals surface area contributed by atoms with Crippen LogP contribution in [0.25, 0.3) is 0 Å². The molecule has 144 valence electrons. The van der Waals surface area contributed by atoms with Crippen LogP contribution >= 0.6 is 0 Å². The second-order valence-electron chi connectivity index (χ2n) is 6.43. The van der Waals surface area contributed by atoms with E-state index in [-0.39, 0.29) is 35.6 Å². The van der Waals surface area contributed by atoms with Crippen molar-refractivity contribution in [1.82, 2.24) is 10.0 Å². The van der Waals surface area contributed by atoms with Crippen LogP contribution in [-0.2, 0) is 14.8 Å². The summed E-state index contributed by atoms with van der Waals surface area (Å²) in [5.74, 6) is -0.459. The maximum atomic E-state index is 12.3. The number of aryl methyl sites for hydroxylation is 1. The van der Waals surface area contributed by atoms with E-state index in [2.05, 4.69) is 10.0 Å². The molecule has 2 aromatic rings. The second kappa shape index (κ2) is 8.92. The van der Waals surface area contributed by atoms with E-state index in [1.165, 1.54) is 25.1 Å². The van der Waals surface area contributed by atoms with Crippen molar-refractivity contribution in [3.63, 3.8) is 0 Å². The summed E-state index contributed by atoms with van der Waals surface area (Å²) in [6, 6.07) is 13.5. The van der Waals surface area contributed by atoms with Crippen molar-refractivity contribution < 1.29 is 18.0 Å². The fourth-order valence-electron chi connectivity index (χ4n) is 2.52. The normalized spacial score (nSPS) is 12.4. The van der Waals surface area contributed by atoms with Crippen molar-refractivity contribution in [1.29, 1.82) is 0 Å². The molecule has 0 spiro atoms. The minimum absolute atomic E-state index is 0.00336. The molecule has 0 saturated carbocycles. The number of nitrogens with one attached hydrogen (secondary N) is 2. The lowest BCUT2D eigenvalue weighted by molar-refractivity contribution is -0.121. The van der Waals surface area contributed by atoms with Gasteiger partial charge in [0.05, 0.1) is 10.9 Å². The quantitative estimate of drug-likeness (QED) is 0.680. The van der Waals surface area contributed by atoms with E-state index in [0.717, 1.165) is 11.1 Å². The molecule has 0 aromatic heterocycles. The fraction of sp³-hybridized carbons (Fsp3) is 0.300. The molecule has 0 heterocycles. The minimum Gasteiger partial charge on any atom is -0.350 e. The summed E-state index contributed by atoms with van der Waals surface area (Å²) < 4.78 is 27.0. The molecule has 1 atom stereocenters. The van der Waals surface area contributed by atoms with E-state index in [9.17, 15) is 18.0 Å². The number of hydrogen-bond donors (Lipinski definition) is 2. The smallest absolute Gasteiger partial charge is 0.240 e. The molecule has 2 aromatic carbocycles. The van der Waals surface area contributed by atoms with Gasteiger partial charge in [0.1, 0.15) is 0 Å². The van der Waals surface area contributed by atoms with Crippen molar-refractivity contribution in [2.75, 3.05) is 6.54 Å². The van der Waals surface area contributed by atoms with Crippen molar-refractivity contribution in [2.24, 2.45) is 0 Å². The van der Waals surface area contributed by atoms with Gasteiger partial charge >= 0.3 is 0 Å². The first-order valence-electron chi connectivity index (χ1n) is 8.65. The molecule has 27 heavy (non-hydrogen) atoms. The van der Waals surface area contributed by atoms with Gasteiger partial charge in [0, 0.05) is 18.5 Å². The summed E-state index contributed by atoms with van der Waals surface area (Å²) in [7, 11) is -3.78. The Morgan fingerprint density at radius 2 is 1.74 bits per heavy atom. The van der Waals surface area contributed by atoms with Crippen LogP contribution in [-0.4, -0.2) is 26.7 Å².